The number of hydrogen-bond donors (Lipinski definition) is 2. The zero-order valence-corrected chi connectivity index (χ0v) is 11.1. The molecule has 0 saturated carbocycles. The van der Waals surface area contributed by atoms with E-state index in [-0.39, 0.29) is 6.42 Å². The highest BCUT2D eigenvalue weighted by Gasteiger charge is 2.10. The van der Waals surface area contributed by atoms with Gasteiger partial charge >= 0.3 is 5.97 Å². The van der Waals surface area contributed by atoms with Crippen molar-refractivity contribution >= 4 is 17.6 Å². The highest BCUT2D eigenvalue weighted by molar-refractivity contribution is 5.66. The summed E-state index contributed by atoms with van der Waals surface area (Å²) in [7, 11) is 1.79. The molecule has 0 saturated heterocycles. The summed E-state index contributed by atoms with van der Waals surface area (Å²) in [4.78, 5) is 19.1. The van der Waals surface area contributed by atoms with Crippen LogP contribution in [0.4, 0.5) is 5.95 Å². The van der Waals surface area contributed by atoms with Crippen molar-refractivity contribution < 1.29 is 9.90 Å². The Balaban J connectivity index is 2.15. The third-order valence-corrected chi connectivity index (χ3v) is 2.86. The SMILES string of the molecule is CNc1nc(C)nc2c(CCCCC(=O)O)cnn12. The van der Waals surface area contributed by atoms with Gasteiger partial charge in [-0.1, -0.05) is 0 Å². The molecule has 0 radical (unpaired) electrons. The van der Waals surface area contributed by atoms with E-state index in [1.165, 1.54) is 0 Å². The van der Waals surface area contributed by atoms with E-state index in [2.05, 4.69) is 20.4 Å². The summed E-state index contributed by atoms with van der Waals surface area (Å²) in [6.45, 7) is 1.84. The van der Waals surface area contributed by atoms with E-state index in [4.69, 9.17) is 5.11 Å². The zero-order valence-electron chi connectivity index (χ0n) is 11.1. The summed E-state index contributed by atoms with van der Waals surface area (Å²) in [5.41, 5.74) is 1.81. The van der Waals surface area contributed by atoms with E-state index >= 15 is 0 Å². The molecule has 0 bridgehead atoms. The van der Waals surface area contributed by atoms with Crippen molar-refractivity contribution in [2.75, 3.05) is 12.4 Å². The summed E-state index contributed by atoms with van der Waals surface area (Å²) in [6.07, 6.45) is 4.22. The highest BCUT2D eigenvalue weighted by Crippen LogP contribution is 2.15. The molecule has 7 nitrogen and oxygen atoms in total. The molecule has 2 rings (SSSR count). The minimum Gasteiger partial charge on any atom is -0.481 e. The van der Waals surface area contributed by atoms with E-state index < -0.39 is 5.97 Å². The summed E-state index contributed by atoms with van der Waals surface area (Å²) in [5, 5.41) is 15.8. The normalized spacial score (nSPS) is 10.8. The minimum absolute atomic E-state index is 0.203. The van der Waals surface area contributed by atoms with E-state index in [1.54, 1.807) is 17.8 Å². The summed E-state index contributed by atoms with van der Waals surface area (Å²) in [6, 6.07) is 0. The van der Waals surface area contributed by atoms with Gasteiger partial charge in [-0.3, -0.25) is 4.79 Å². The van der Waals surface area contributed by atoms with Gasteiger partial charge < -0.3 is 10.4 Å². The molecule has 2 heterocycles. The lowest BCUT2D eigenvalue weighted by Gasteiger charge is -2.04. The Kier molecular flexibility index (Phi) is 3.94. The second-order valence-electron chi connectivity index (χ2n) is 4.35. The van der Waals surface area contributed by atoms with Crippen LogP contribution in [-0.2, 0) is 11.2 Å². The summed E-state index contributed by atoms with van der Waals surface area (Å²) in [5.74, 6) is 0.582. The van der Waals surface area contributed by atoms with Crippen LogP contribution in [0.15, 0.2) is 6.20 Å². The number of carboxylic acids is 1. The van der Waals surface area contributed by atoms with Crippen molar-refractivity contribution in [1.82, 2.24) is 19.6 Å². The van der Waals surface area contributed by atoms with Crippen molar-refractivity contribution in [1.29, 1.82) is 0 Å². The van der Waals surface area contributed by atoms with Crippen molar-refractivity contribution in [2.24, 2.45) is 0 Å². The number of nitrogens with zero attached hydrogens (tertiary/aromatic N) is 4. The van der Waals surface area contributed by atoms with Crippen LogP contribution in [0.3, 0.4) is 0 Å². The first-order chi connectivity index (χ1) is 9.11. The Morgan fingerprint density at radius 1 is 1.42 bits per heavy atom. The minimum atomic E-state index is -0.754. The molecule has 7 heteroatoms. The maximum absolute atomic E-state index is 10.5. The van der Waals surface area contributed by atoms with Crippen LogP contribution >= 0.6 is 0 Å². The van der Waals surface area contributed by atoms with E-state index in [0.29, 0.717) is 18.2 Å². The van der Waals surface area contributed by atoms with Crippen molar-refractivity contribution in [3.8, 4) is 0 Å². The smallest absolute Gasteiger partial charge is 0.303 e. The fourth-order valence-corrected chi connectivity index (χ4v) is 1.96. The molecule has 0 atom stereocenters. The Bertz CT molecular complexity index is 593. The first-order valence-corrected chi connectivity index (χ1v) is 6.22. The largest absolute Gasteiger partial charge is 0.481 e. The third-order valence-electron chi connectivity index (χ3n) is 2.86. The first kappa shape index (κ1) is 13.3. The number of carbonyl (C=O) groups is 1. The lowest BCUT2D eigenvalue weighted by atomic mass is 10.1. The number of aliphatic carboxylic acids is 1. The molecule has 0 aromatic carbocycles. The number of aromatic nitrogens is 4. The molecule has 19 heavy (non-hydrogen) atoms. The zero-order chi connectivity index (χ0) is 13.8. The van der Waals surface area contributed by atoms with Crippen LogP contribution in [0.2, 0.25) is 0 Å². The summed E-state index contributed by atoms with van der Waals surface area (Å²) >= 11 is 0. The molecule has 2 aromatic rings. The van der Waals surface area contributed by atoms with Crippen LogP contribution in [0.1, 0.15) is 30.7 Å². The van der Waals surface area contributed by atoms with Gasteiger partial charge in [0.05, 0.1) is 6.20 Å². The van der Waals surface area contributed by atoms with Crippen molar-refractivity contribution in [2.45, 2.75) is 32.6 Å². The molecule has 0 spiro atoms. The number of nitrogens with one attached hydrogen (secondary N) is 1. The molecule has 2 N–H and O–H groups in total. The van der Waals surface area contributed by atoms with E-state index in [9.17, 15) is 4.79 Å². The second-order valence-corrected chi connectivity index (χ2v) is 4.35. The molecule has 0 amide bonds. The Labute approximate surface area is 110 Å². The van der Waals surface area contributed by atoms with E-state index in [0.717, 1.165) is 24.1 Å². The molecule has 0 unspecified atom stereocenters. The molecule has 102 valence electrons. The van der Waals surface area contributed by atoms with E-state index in [1.807, 2.05) is 6.92 Å². The highest BCUT2D eigenvalue weighted by atomic mass is 16.4. The van der Waals surface area contributed by atoms with Gasteiger partial charge in [0.25, 0.3) is 0 Å². The number of anilines is 1. The predicted molar refractivity (Wildman–Crippen MR) is 70.3 cm³/mol. The number of aryl methyl sites for hydroxylation is 2. The number of hydrogen-bond acceptors (Lipinski definition) is 5. The molecular weight excluding hydrogens is 246 g/mol. The number of carboxylic acid groups (broad SMARTS) is 1. The van der Waals surface area contributed by atoms with Crippen LogP contribution in [-0.4, -0.2) is 37.7 Å². The third kappa shape index (κ3) is 2.98. The van der Waals surface area contributed by atoms with Gasteiger partial charge in [0, 0.05) is 19.0 Å². The average Bonchev–Trinajstić information content (AvgIpc) is 2.76. The van der Waals surface area contributed by atoms with Crippen LogP contribution in [0.5, 0.6) is 0 Å². The number of unbranched alkanes of at least 4 members (excludes halogenated alkanes) is 1. The van der Waals surface area contributed by atoms with Gasteiger partial charge in [0.1, 0.15) is 5.82 Å². The van der Waals surface area contributed by atoms with Gasteiger partial charge in [-0.05, 0) is 26.2 Å². The molecule has 0 fully saturated rings. The monoisotopic (exact) mass is 263 g/mol. The van der Waals surface area contributed by atoms with Gasteiger partial charge in [-0.25, -0.2) is 4.98 Å². The Hall–Kier alpha value is -2.18. The van der Waals surface area contributed by atoms with Crippen LogP contribution < -0.4 is 5.32 Å². The lowest BCUT2D eigenvalue weighted by Crippen LogP contribution is -2.06. The first-order valence-electron chi connectivity index (χ1n) is 6.22. The number of fused-ring (bicyclic) bond motifs is 1. The maximum Gasteiger partial charge on any atom is 0.303 e. The average molecular weight is 263 g/mol. The predicted octanol–water partition coefficient (Wildman–Crippen LogP) is 1.27. The Morgan fingerprint density at radius 2 is 2.21 bits per heavy atom. The van der Waals surface area contributed by atoms with Gasteiger partial charge in [-0.15, -0.1) is 0 Å². The van der Waals surface area contributed by atoms with Gasteiger partial charge in [0.15, 0.2) is 5.65 Å². The molecule has 0 aliphatic carbocycles. The van der Waals surface area contributed by atoms with Crippen LogP contribution in [0.25, 0.3) is 5.65 Å². The van der Waals surface area contributed by atoms with Crippen molar-refractivity contribution in [3.05, 3.63) is 17.6 Å². The quantitative estimate of drug-likeness (QED) is 0.762. The topological polar surface area (TPSA) is 92.4 Å². The molecule has 0 aliphatic heterocycles. The number of rotatable bonds is 6. The van der Waals surface area contributed by atoms with Crippen LogP contribution in [0, 0.1) is 6.92 Å². The lowest BCUT2D eigenvalue weighted by molar-refractivity contribution is -0.137. The second kappa shape index (κ2) is 5.64. The summed E-state index contributed by atoms with van der Waals surface area (Å²) < 4.78 is 1.67. The maximum atomic E-state index is 10.5. The fourth-order valence-electron chi connectivity index (χ4n) is 1.96. The molecule has 0 aliphatic rings. The molecule has 2 aromatic heterocycles. The van der Waals surface area contributed by atoms with Gasteiger partial charge in [0.2, 0.25) is 5.95 Å². The molecular formula is C12H17N5O2. The van der Waals surface area contributed by atoms with Crippen molar-refractivity contribution in [3.63, 3.8) is 0 Å². The fraction of sp³-hybridized carbons (Fsp3) is 0.500. The van der Waals surface area contributed by atoms with Gasteiger partial charge in [-0.2, -0.15) is 14.6 Å². The standard InChI is InChI=1S/C12H17N5O2/c1-8-15-11-9(5-3-4-6-10(18)19)7-14-17(11)12(13-2)16-8/h7H,3-6H2,1-2H3,(H,18,19)(H,13,15,16). The Morgan fingerprint density at radius 3 is 2.89 bits per heavy atom.